The number of ether oxygens (including phenoxy) is 2. The first kappa shape index (κ1) is 13.5. The van der Waals surface area contributed by atoms with Crippen molar-refractivity contribution >= 4 is 17.6 Å². The molecule has 0 saturated carbocycles. The Labute approximate surface area is 122 Å². The second-order valence-corrected chi connectivity index (χ2v) is 5.16. The van der Waals surface area contributed by atoms with Gasteiger partial charge in [0.2, 0.25) is 12.7 Å². The number of nitrogens with two attached hydrogens (primary N) is 1. The van der Waals surface area contributed by atoms with Crippen LogP contribution in [0, 0.1) is 5.92 Å². The molecule has 0 unspecified atom stereocenters. The van der Waals surface area contributed by atoms with Crippen molar-refractivity contribution < 1.29 is 19.1 Å². The van der Waals surface area contributed by atoms with Crippen LogP contribution in [-0.2, 0) is 4.79 Å². The van der Waals surface area contributed by atoms with Gasteiger partial charge in [-0.1, -0.05) is 0 Å². The van der Waals surface area contributed by atoms with E-state index in [-0.39, 0.29) is 24.6 Å². The molecule has 3 N–H and O–H groups in total. The van der Waals surface area contributed by atoms with Crippen LogP contribution in [-0.4, -0.2) is 36.7 Å². The highest BCUT2D eigenvalue weighted by molar-refractivity contribution is 5.90. The number of hydrogen-bond donors (Lipinski definition) is 2. The van der Waals surface area contributed by atoms with Crippen LogP contribution in [0.4, 0.5) is 10.5 Å². The third-order valence-electron chi connectivity index (χ3n) is 3.81. The molecule has 1 aromatic rings. The van der Waals surface area contributed by atoms with Gasteiger partial charge in [0.1, 0.15) is 0 Å². The standard InChI is InChI=1S/C14H17N3O4/c15-13(18)9-3-5-17(6-4-9)14(19)16-10-1-2-11-12(7-10)21-8-20-11/h1-2,7,9H,3-6,8H2,(H2,15,18)(H,16,19). The second-order valence-electron chi connectivity index (χ2n) is 5.16. The van der Waals surface area contributed by atoms with Crippen molar-refractivity contribution in [3.63, 3.8) is 0 Å². The third kappa shape index (κ3) is 2.86. The first-order chi connectivity index (χ1) is 10.1. The summed E-state index contributed by atoms with van der Waals surface area (Å²) in [5.74, 6) is 0.890. The fourth-order valence-corrected chi connectivity index (χ4v) is 2.54. The molecule has 1 aromatic carbocycles. The van der Waals surface area contributed by atoms with Crippen LogP contribution in [0.5, 0.6) is 11.5 Å². The summed E-state index contributed by atoms with van der Waals surface area (Å²) in [6, 6.07) is 5.08. The molecule has 21 heavy (non-hydrogen) atoms. The van der Waals surface area contributed by atoms with Crippen molar-refractivity contribution in [2.75, 3.05) is 25.2 Å². The van der Waals surface area contributed by atoms with E-state index in [1.165, 1.54) is 0 Å². The summed E-state index contributed by atoms with van der Waals surface area (Å²) in [6.45, 7) is 1.27. The van der Waals surface area contributed by atoms with Gasteiger partial charge in [0.05, 0.1) is 0 Å². The lowest BCUT2D eigenvalue weighted by molar-refractivity contribution is -0.122. The van der Waals surface area contributed by atoms with Crippen molar-refractivity contribution in [2.24, 2.45) is 11.7 Å². The Bertz CT molecular complexity index is 567. The van der Waals surface area contributed by atoms with Crippen LogP contribution in [0.25, 0.3) is 0 Å². The molecule has 7 nitrogen and oxygen atoms in total. The minimum atomic E-state index is -0.286. The Morgan fingerprint density at radius 2 is 1.90 bits per heavy atom. The maximum absolute atomic E-state index is 12.2. The van der Waals surface area contributed by atoms with Crippen LogP contribution in [0.3, 0.4) is 0 Å². The minimum Gasteiger partial charge on any atom is -0.454 e. The number of carbonyl (C=O) groups excluding carboxylic acids is 2. The summed E-state index contributed by atoms with van der Waals surface area (Å²) in [4.78, 5) is 25.0. The molecule has 0 radical (unpaired) electrons. The normalized spacial score (nSPS) is 17.6. The van der Waals surface area contributed by atoms with Crippen LogP contribution in [0.15, 0.2) is 18.2 Å². The van der Waals surface area contributed by atoms with E-state index in [1.54, 1.807) is 23.1 Å². The Morgan fingerprint density at radius 1 is 1.19 bits per heavy atom. The van der Waals surface area contributed by atoms with Gasteiger partial charge < -0.3 is 25.4 Å². The van der Waals surface area contributed by atoms with E-state index in [2.05, 4.69) is 5.32 Å². The van der Waals surface area contributed by atoms with Gasteiger partial charge >= 0.3 is 6.03 Å². The molecule has 112 valence electrons. The maximum Gasteiger partial charge on any atom is 0.321 e. The molecular weight excluding hydrogens is 274 g/mol. The molecule has 7 heteroatoms. The van der Waals surface area contributed by atoms with Gasteiger partial charge in [-0.05, 0) is 25.0 Å². The Morgan fingerprint density at radius 3 is 2.62 bits per heavy atom. The SMILES string of the molecule is NC(=O)C1CCN(C(=O)Nc2ccc3c(c2)OCO3)CC1. The van der Waals surface area contributed by atoms with Gasteiger partial charge in [0, 0.05) is 30.8 Å². The highest BCUT2D eigenvalue weighted by Gasteiger charge is 2.26. The molecule has 0 aromatic heterocycles. The van der Waals surface area contributed by atoms with Crippen molar-refractivity contribution in [3.05, 3.63) is 18.2 Å². The van der Waals surface area contributed by atoms with Crippen molar-refractivity contribution in [1.29, 1.82) is 0 Å². The number of nitrogens with zero attached hydrogens (tertiary/aromatic N) is 1. The minimum absolute atomic E-state index is 0.125. The van der Waals surface area contributed by atoms with Crippen LogP contribution in [0.1, 0.15) is 12.8 Å². The first-order valence-corrected chi connectivity index (χ1v) is 6.88. The highest BCUT2D eigenvalue weighted by atomic mass is 16.7. The number of fused-ring (bicyclic) bond motifs is 1. The zero-order valence-corrected chi connectivity index (χ0v) is 11.5. The van der Waals surface area contributed by atoms with Crippen molar-refractivity contribution in [3.8, 4) is 11.5 Å². The Hall–Kier alpha value is -2.44. The van der Waals surface area contributed by atoms with E-state index in [0.717, 1.165) is 0 Å². The number of anilines is 1. The number of rotatable bonds is 2. The van der Waals surface area contributed by atoms with Crippen molar-refractivity contribution in [1.82, 2.24) is 4.90 Å². The molecule has 0 bridgehead atoms. The zero-order chi connectivity index (χ0) is 14.8. The lowest BCUT2D eigenvalue weighted by Crippen LogP contribution is -2.43. The monoisotopic (exact) mass is 291 g/mol. The molecule has 1 saturated heterocycles. The summed E-state index contributed by atoms with van der Waals surface area (Å²) in [5, 5.41) is 2.82. The predicted molar refractivity (Wildman–Crippen MR) is 75.1 cm³/mol. The van der Waals surface area contributed by atoms with E-state index in [0.29, 0.717) is 43.1 Å². The molecule has 2 aliphatic heterocycles. The second kappa shape index (κ2) is 5.51. The van der Waals surface area contributed by atoms with E-state index in [1.807, 2.05) is 0 Å². The molecular formula is C14H17N3O4. The van der Waals surface area contributed by atoms with Gasteiger partial charge in [-0.2, -0.15) is 0 Å². The lowest BCUT2D eigenvalue weighted by atomic mass is 9.96. The van der Waals surface area contributed by atoms with Crippen molar-refractivity contribution in [2.45, 2.75) is 12.8 Å². The van der Waals surface area contributed by atoms with Gasteiger partial charge in [-0.25, -0.2) is 4.79 Å². The fraction of sp³-hybridized carbons (Fsp3) is 0.429. The van der Waals surface area contributed by atoms with Gasteiger partial charge in [0.15, 0.2) is 11.5 Å². The number of hydrogen-bond acceptors (Lipinski definition) is 4. The average molecular weight is 291 g/mol. The van der Waals surface area contributed by atoms with E-state index in [9.17, 15) is 9.59 Å². The quantitative estimate of drug-likeness (QED) is 0.854. The highest BCUT2D eigenvalue weighted by Crippen LogP contribution is 2.34. The molecule has 0 aliphatic carbocycles. The number of carbonyl (C=O) groups is 2. The largest absolute Gasteiger partial charge is 0.454 e. The molecule has 2 heterocycles. The lowest BCUT2D eigenvalue weighted by Gasteiger charge is -2.30. The molecule has 1 fully saturated rings. The van der Waals surface area contributed by atoms with Gasteiger partial charge in [0.25, 0.3) is 0 Å². The number of likely N-dealkylation sites (tertiary alicyclic amines) is 1. The van der Waals surface area contributed by atoms with E-state index < -0.39 is 0 Å². The molecule has 3 rings (SSSR count). The zero-order valence-electron chi connectivity index (χ0n) is 11.5. The van der Waals surface area contributed by atoms with Crippen LogP contribution in [0.2, 0.25) is 0 Å². The Kier molecular flexibility index (Phi) is 3.55. The van der Waals surface area contributed by atoms with Gasteiger partial charge in [-0.15, -0.1) is 0 Å². The van der Waals surface area contributed by atoms with E-state index in [4.69, 9.17) is 15.2 Å². The summed E-state index contributed by atoms with van der Waals surface area (Å²) < 4.78 is 10.5. The predicted octanol–water partition coefficient (Wildman–Crippen LogP) is 1.14. The topological polar surface area (TPSA) is 93.9 Å². The Balaban J connectivity index is 1.58. The third-order valence-corrected chi connectivity index (χ3v) is 3.81. The van der Waals surface area contributed by atoms with Gasteiger partial charge in [-0.3, -0.25) is 4.79 Å². The smallest absolute Gasteiger partial charge is 0.321 e. The number of benzene rings is 1. The van der Waals surface area contributed by atoms with E-state index >= 15 is 0 Å². The number of nitrogens with one attached hydrogen (secondary N) is 1. The summed E-state index contributed by atoms with van der Waals surface area (Å²) >= 11 is 0. The number of primary amides is 1. The maximum atomic E-state index is 12.2. The number of amides is 3. The van der Waals surface area contributed by atoms with Crippen LogP contribution < -0.4 is 20.5 Å². The summed E-state index contributed by atoms with van der Waals surface area (Å²) in [6.07, 6.45) is 1.23. The average Bonchev–Trinajstić information content (AvgIpc) is 2.95. The number of urea groups is 1. The molecule has 2 aliphatic rings. The summed E-state index contributed by atoms with van der Waals surface area (Å²) in [7, 11) is 0. The summed E-state index contributed by atoms with van der Waals surface area (Å²) in [5.41, 5.74) is 5.93. The molecule has 3 amide bonds. The number of piperidine rings is 1. The molecule has 0 atom stereocenters. The first-order valence-electron chi connectivity index (χ1n) is 6.88. The van der Waals surface area contributed by atoms with Crippen LogP contribution >= 0.6 is 0 Å². The fourth-order valence-electron chi connectivity index (χ4n) is 2.54. The molecule has 0 spiro atoms.